The fourth-order valence-corrected chi connectivity index (χ4v) is 3.86. The van der Waals surface area contributed by atoms with Crippen LogP contribution in [0.3, 0.4) is 0 Å². The van der Waals surface area contributed by atoms with Crippen LogP contribution in [0.4, 0.5) is 0 Å². The summed E-state index contributed by atoms with van der Waals surface area (Å²) in [5, 5.41) is 7.28. The highest BCUT2D eigenvalue weighted by molar-refractivity contribution is 5.85. The second-order valence-corrected chi connectivity index (χ2v) is 6.69. The van der Waals surface area contributed by atoms with Crippen LogP contribution in [0, 0.1) is 5.92 Å². The molecule has 0 radical (unpaired) electrons. The van der Waals surface area contributed by atoms with Gasteiger partial charge < -0.3 is 29.6 Å². The van der Waals surface area contributed by atoms with E-state index in [1.165, 1.54) is 19.3 Å². The molecule has 7 heteroatoms. The van der Waals surface area contributed by atoms with Crippen molar-refractivity contribution in [1.29, 1.82) is 0 Å². The molecular weight excluding hydrogens is 356 g/mol. The molecule has 1 heterocycles. The molecule has 0 aromatic heterocycles. The van der Waals surface area contributed by atoms with Crippen molar-refractivity contribution in [1.82, 2.24) is 10.6 Å². The Balaban J connectivity index is 0.00000243. The molecular formula is C19H31ClN2O4. The van der Waals surface area contributed by atoms with E-state index in [1.807, 2.05) is 18.2 Å². The van der Waals surface area contributed by atoms with Gasteiger partial charge in [0.2, 0.25) is 0 Å². The molecule has 1 aliphatic heterocycles. The molecule has 1 saturated heterocycles. The number of nitrogens with one attached hydrogen (secondary N) is 2. The van der Waals surface area contributed by atoms with Gasteiger partial charge in [0.05, 0.1) is 27.4 Å². The van der Waals surface area contributed by atoms with E-state index in [2.05, 4.69) is 10.6 Å². The molecule has 148 valence electrons. The molecule has 0 bridgehead atoms. The molecule has 2 N–H and O–H groups in total. The van der Waals surface area contributed by atoms with Crippen molar-refractivity contribution in [3.05, 3.63) is 18.2 Å². The van der Waals surface area contributed by atoms with E-state index in [-0.39, 0.29) is 12.4 Å². The predicted octanol–water partition coefficient (Wildman–Crippen LogP) is 2.25. The monoisotopic (exact) mass is 386 g/mol. The van der Waals surface area contributed by atoms with Gasteiger partial charge in [-0.15, -0.1) is 12.4 Å². The normalized spacial score (nSPS) is 25.4. The van der Waals surface area contributed by atoms with Gasteiger partial charge in [-0.25, -0.2) is 0 Å². The number of hydrogen-bond donors (Lipinski definition) is 2. The number of morpholine rings is 1. The maximum absolute atomic E-state index is 5.87. The van der Waals surface area contributed by atoms with Crippen molar-refractivity contribution in [2.24, 2.45) is 5.92 Å². The van der Waals surface area contributed by atoms with Gasteiger partial charge in [-0.1, -0.05) is 6.42 Å². The molecule has 0 amide bonds. The van der Waals surface area contributed by atoms with Crippen molar-refractivity contribution in [3.63, 3.8) is 0 Å². The number of benzene rings is 1. The van der Waals surface area contributed by atoms with E-state index < -0.39 is 0 Å². The van der Waals surface area contributed by atoms with Crippen molar-refractivity contribution < 1.29 is 18.9 Å². The number of rotatable bonds is 8. The largest absolute Gasteiger partial charge is 0.496 e. The first kappa shape index (κ1) is 21.1. The number of hydrogen-bond acceptors (Lipinski definition) is 6. The quantitative estimate of drug-likeness (QED) is 0.668. The summed E-state index contributed by atoms with van der Waals surface area (Å²) >= 11 is 0. The highest BCUT2D eigenvalue weighted by Crippen LogP contribution is 2.30. The van der Waals surface area contributed by atoms with Crippen LogP contribution in [0.25, 0.3) is 0 Å². The second-order valence-electron chi connectivity index (χ2n) is 6.69. The third-order valence-corrected chi connectivity index (χ3v) is 5.14. The van der Waals surface area contributed by atoms with E-state index in [9.17, 15) is 0 Å². The van der Waals surface area contributed by atoms with Crippen molar-refractivity contribution in [2.75, 3.05) is 47.1 Å². The summed E-state index contributed by atoms with van der Waals surface area (Å²) in [6.07, 6.45) is 3.79. The first-order chi connectivity index (χ1) is 12.3. The first-order valence-electron chi connectivity index (χ1n) is 9.20. The Hall–Kier alpha value is -1.21. The number of ether oxygens (including phenoxy) is 4. The Morgan fingerprint density at radius 3 is 2.50 bits per heavy atom. The summed E-state index contributed by atoms with van der Waals surface area (Å²) in [7, 11) is 3.28. The molecule has 3 atom stereocenters. The zero-order valence-corrected chi connectivity index (χ0v) is 16.5. The van der Waals surface area contributed by atoms with Gasteiger partial charge in [0.1, 0.15) is 23.9 Å². The lowest BCUT2D eigenvalue weighted by atomic mass is 9.94. The Morgan fingerprint density at radius 1 is 1.12 bits per heavy atom. The standard InChI is InChI=1S/C19H30N2O4.ClH/c1-22-14-10-15(23-2)12-16(11-14)25-9-7-20-18-5-3-4-17(18)19-13-24-8-6-21-19;/h10-12,17-21H,3-9,13H2,1-2H3;1H. The van der Waals surface area contributed by atoms with Crippen LogP contribution in [-0.4, -0.2) is 59.2 Å². The minimum Gasteiger partial charge on any atom is -0.496 e. The van der Waals surface area contributed by atoms with E-state index in [0.29, 0.717) is 24.6 Å². The smallest absolute Gasteiger partial charge is 0.126 e. The minimum absolute atomic E-state index is 0. The van der Waals surface area contributed by atoms with E-state index in [0.717, 1.165) is 43.6 Å². The second kappa shape index (κ2) is 10.8. The van der Waals surface area contributed by atoms with Crippen LogP contribution >= 0.6 is 12.4 Å². The van der Waals surface area contributed by atoms with Gasteiger partial charge in [0.15, 0.2) is 0 Å². The lowest BCUT2D eigenvalue weighted by Crippen LogP contribution is -2.51. The highest BCUT2D eigenvalue weighted by Gasteiger charge is 2.34. The third-order valence-electron chi connectivity index (χ3n) is 5.14. The van der Waals surface area contributed by atoms with Gasteiger partial charge in [-0.2, -0.15) is 0 Å². The lowest BCUT2D eigenvalue weighted by Gasteiger charge is -2.33. The van der Waals surface area contributed by atoms with E-state index in [1.54, 1.807) is 14.2 Å². The number of methoxy groups -OCH3 is 2. The molecule has 3 unspecified atom stereocenters. The predicted molar refractivity (Wildman–Crippen MR) is 104 cm³/mol. The molecule has 26 heavy (non-hydrogen) atoms. The van der Waals surface area contributed by atoms with Gasteiger partial charge in [0, 0.05) is 43.4 Å². The molecule has 6 nitrogen and oxygen atoms in total. The zero-order chi connectivity index (χ0) is 17.5. The number of halogens is 1. The van der Waals surface area contributed by atoms with Crippen LogP contribution in [0.5, 0.6) is 17.2 Å². The third kappa shape index (κ3) is 5.64. The zero-order valence-electron chi connectivity index (χ0n) is 15.7. The van der Waals surface area contributed by atoms with Crippen molar-refractivity contribution in [2.45, 2.75) is 31.3 Å². The molecule has 1 aliphatic carbocycles. The molecule has 0 spiro atoms. The van der Waals surface area contributed by atoms with Gasteiger partial charge >= 0.3 is 0 Å². The SMILES string of the molecule is COc1cc(OC)cc(OCCNC2CCCC2C2COCCN2)c1.Cl. The Labute approximate surface area is 162 Å². The van der Waals surface area contributed by atoms with Crippen LogP contribution < -0.4 is 24.8 Å². The molecule has 2 aliphatic rings. The molecule has 1 saturated carbocycles. The van der Waals surface area contributed by atoms with Crippen molar-refractivity contribution in [3.8, 4) is 17.2 Å². The highest BCUT2D eigenvalue weighted by atomic mass is 35.5. The van der Waals surface area contributed by atoms with Gasteiger partial charge in [-0.05, 0) is 18.8 Å². The van der Waals surface area contributed by atoms with E-state index >= 15 is 0 Å². The Morgan fingerprint density at radius 2 is 1.85 bits per heavy atom. The first-order valence-corrected chi connectivity index (χ1v) is 9.20. The topological polar surface area (TPSA) is 61.0 Å². The Kier molecular flexibility index (Phi) is 8.78. The van der Waals surface area contributed by atoms with Crippen molar-refractivity contribution >= 4 is 12.4 Å². The lowest BCUT2D eigenvalue weighted by molar-refractivity contribution is 0.0523. The van der Waals surface area contributed by atoms with Crippen LogP contribution in [0.2, 0.25) is 0 Å². The summed E-state index contributed by atoms with van der Waals surface area (Å²) in [5.41, 5.74) is 0. The van der Waals surface area contributed by atoms with E-state index in [4.69, 9.17) is 18.9 Å². The summed E-state index contributed by atoms with van der Waals surface area (Å²) in [5.74, 6) is 2.89. The maximum atomic E-state index is 5.87. The fraction of sp³-hybridized carbons (Fsp3) is 0.684. The molecule has 1 aromatic carbocycles. The van der Waals surface area contributed by atoms with Crippen LogP contribution in [0.15, 0.2) is 18.2 Å². The fourth-order valence-electron chi connectivity index (χ4n) is 3.86. The minimum atomic E-state index is 0. The van der Waals surface area contributed by atoms with Gasteiger partial charge in [-0.3, -0.25) is 0 Å². The van der Waals surface area contributed by atoms with Gasteiger partial charge in [0.25, 0.3) is 0 Å². The Bertz CT molecular complexity index is 518. The average Bonchev–Trinajstić information content (AvgIpc) is 3.14. The maximum Gasteiger partial charge on any atom is 0.126 e. The average molecular weight is 387 g/mol. The van der Waals surface area contributed by atoms with Crippen LogP contribution in [0.1, 0.15) is 19.3 Å². The summed E-state index contributed by atoms with van der Waals surface area (Å²) in [4.78, 5) is 0. The molecule has 2 fully saturated rings. The molecule has 1 aromatic rings. The molecule has 3 rings (SSSR count). The summed E-state index contributed by atoms with van der Waals surface area (Å²) in [6.45, 7) is 4.08. The van der Waals surface area contributed by atoms with Crippen LogP contribution in [-0.2, 0) is 4.74 Å². The summed E-state index contributed by atoms with van der Waals surface area (Å²) in [6, 6.07) is 6.63. The summed E-state index contributed by atoms with van der Waals surface area (Å²) < 4.78 is 22.0.